The molecule has 2 amide bonds. The summed E-state index contributed by atoms with van der Waals surface area (Å²) in [6.45, 7) is 2.01. The highest BCUT2D eigenvalue weighted by Crippen LogP contribution is 2.43. The van der Waals surface area contributed by atoms with Crippen LogP contribution in [0.4, 0.5) is 5.69 Å². The minimum Gasteiger partial charge on any atom is -0.326 e. The lowest BCUT2D eigenvalue weighted by Gasteiger charge is -2.39. The molecule has 2 heterocycles. The predicted octanol–water partition coefficient (Wildman–Crippen LogP) is 6.83. The van der Waals surface area contributed by atoms with Crippen molar-refractivity contribution < 1.29 is 9.59 Å². The van der Waals surface area contributed by atoms with Gasteiger partial charge < -0.3 is 9.47 Å². The second-order valence-electron chi connectivity index (χ2n) is 9.69. The summed E-state index contributed by atoms with van der Waals surface area (Å²) in [5, 5.41) is 0.784. The van der Waals surface area contributed by atoms with Crippen LogP contribution in [0.5, 0.6) is 0 Å². The molecule has 2 aliphatic rings. The summed E-state index contributed by atoms with van der Waals surface area (Å²) in [7, 11) is 0. The molecule has 3 aromatic carbocycles. The van der Waals surface area contributed by atoms with Gasteiger partial charge in [-0.1, -0.05) is 65.2 Å². The molecule has 7 heteroatoms. The summed E-state index contributed by atoms with van der Waals surface area (Å²) in [6, 6.07) is 24.7. The molecule has 1 aromatic heterocycles. The fourth-order valence-electron chi connectivity index (χ4n) is 5.24. The number of carbonyl (C=O) groups excluding carboxylic acids is 2. The van der Waals surface area contributed by atoms with Crippen LogP contribution in [-0.4, -0.2) is 33.9 Å². The van der Waals surface area contributed by atoms with Crippen molar-refractivity contribution in [2.24, 2.45) is 0 Å². The van der Waals surface area contributed by atoms with Crippen molar-refractivity contribution in [2.75, 3.05) is 11.4 Å². The number of aryl methyl sites for hydroxylation is 1. The van der Waals surface area contributed by atoms with Gasteiger partial charge in [0.05, 0.1) is 17.1 Å². The lowest BCUT2D eigenvalue weighted by Crippen LogP contribution is -2.47. The first-order valence-corrected chi connectivity index (χ1v) is 13.1. The van der Waals surface area contributed by atoms with E-state index < -0.39 is 0 Å². The maximum atomic E-state index is 14.2. The van der Waals surface area contributed by atoms with E-state index in [-0.39, 0.29) is 30.4 Å². The third-order valence-corrected chi connectivity index (χ3v) is 7.45. The van der Waals surface area contributed by atoms with Crippen molar-refractivity contribution >= 4 is 40.7 Å². The molecule has 1 aliphatic carbocycles. The van der Waals surface area contributed by atoms with E-state index in [2.05, 4.69) is 35.8 Å². The van der Waals surface area contributed by atoms with Crippen molar-refractivity contribution in [3.8, 4) is 5.69 Å². The lowest BCUT2D eigenvalue weighted by molar-refractivity contribution is -0.119. The predicted molar refractivity (Wildman–Crippen MR) is 147 cm³/mol. The summed E-state index contributed by atoms with van der Waals surface area (Å²) in [5.74, 6) is -0.374. The van der Waals surface area contributed by atoms with Crippen LogP contribution in [0, 0.1) is 6.92 Å². The fourth-order valence-corrected chi connectivity index (χ4v) is 5.76. The highest BCUT2D eigenvalue weighted by molar-refractivity contribution is 6.35. The van der Waals surface area contributed by atoms with Crippen LogP contribution in [0.3, 0.4) is 0 Å². The number of nitrogens with zero attached hydrogens (tertiary/aromatic N) is 3. The number of halogens is 2. The zero-order valence-corrected chi connectivity index (χ0v) is 21.8. The topological polar surface area (TPSA) is 45.6 Å². The Morgan fingerprint density at radius 3 is 2.32 bits per heavy atom. The number of hydrogen-bond donors (Lipinski definition) is 0. The van der Waals surface area contributed by atoms with Gasteiger partial charge in [0.2, 0.25) is 5.91 Å². The number of amides is 2. The first kappa shape index (κ1) is 23.8. The van der Waals surface area contributed by atoms with E-state index in [0.29, 0.717) is 15.6 Å². The minimum absolute atomic E-state index is 0.0236. The van der Waals surface area contributed by atoms with Crippen LogP contribution in [0.2, 0.25) is 10.0 Å². The molecule has 1 atom stereocenters. The molecular formula is C30H25Cl2N3O2. The molecule has 0 N–H and O–H groups in total. The number of para-hydroxylation sites is 2. The molecule has 1 fully saturated rings. The smallest absolute Gasteiger partial charge is 0.254 e. The molecule has 0 bridgehead atoms. The fraction of sp³-hybridized carbons (Fsp3) is 0.200. The van der Waals surface area contributed by atoms with Gasteiger partial charge in [0, 0.05) is 27.8 Å². The molecule has 1 unspecified atom stereocenters. The second kappa shape index (κ2) is 9.40. The Morgan fingerprint density at radius 1 is 0.892 bits per heavy atom. The maximum absolute atomic E-state index is 14.2. The zero-order valence-electron chi connectivity index (χ0n) is 20.3. The Morgan fingerprint density at radius 2 is 1.62 bits per heavy atom. The SMILES string of the molecule is Cc1cccc(C2c3cccn3-c3ccccc3N2C(=O)CN(C(=O)c2cc(Cl)cc(Cl)c2)C2CC2)c1. The molecule has 37 heavy (non-hydrogen) atoms. The summed E-state index contributed by atoms with van der Waals surface area (Å²) >= 11 is 12.4. The molecule has 186 valence electrons. The number of carbonyl (C=O) groups is 2. The highest BCUT2D eigenvalue weighted by atomic mass is 35.5. The number of anilines is 1. The quantitative estimate of drug-likeness (QED) is 0.284. The Labute approximate surface area is 225 Å². The Hall–Kier alpha value is -3.54. The standard InChI is InChI=1S/C30H25Cl2N3O2/c1-19-6-4-7-20(14-19)29-27-10-5-13-33(27)25-8-2-3-9-26(25)35(29)28(36)18-34(24-11-12-24)30(37)21-15-22(31)17-23(32)16-21/h2-10,13-17,24,29H,11-12,18H2,1H3. The molecule has 0 saturated heterocycles. The maximum Gasteiger partial charge on any atom is 0.254 e. The van der Waals surface area contributed by atoms with Gasteiger partial charge in [0.1, 0.15) is 12.6 Å². The third kappa shape index (κ3) is 4.43. The molecular weight excluding hydrogens is 505 g/mol. The molecule has 0 radical (unpaired) electrons. The summed E-state index contributed by atoms with van der Waals surface area (Å²) in [6.07, 6.45) is 3.77. The van der Waals surface area contributed by atoms with Crippen molar-refractivity contribution in [1.82, 2.24) is 9.47 Å². The Kier molecular flexibility index (Phi) is 6.06. The minimum atomic E-state index is -0.325. The van der Waals surface area contributed by atoms with Crippen LogP contribution < -0.4 is 4.90 Å². The van der Waals surface area contributed by atoms with Crippen molar-refractivity contribution in [2.45, 2.75) is 31.8 Å². The lowest BCUT2D eigenvalue weighted by atomic mass is 9.96. The average molecular weight is 530 g/mol. The van der Waals surface area contributed by atoms with Gasteiger partial charge in [-0.15, -0.1) is 0 Å². The molecule has 5 nitrogen and oxygen atoms in total. The van der Waals surface area contributed by atoms with Crippen molar-refractivity contribution in [1.29, 1.82) is 0 Å². The van der Waals surface area contributed by atoms with Gasteiger partial charge in [0.25, 0.3) is 5.91 Å². The van der Waals surface area contributed by atoms with Gasteiger partial charge in [-0.3, -0.25) is 14.5 Å². The van der Waals surface area contributed by atoms with E-state index in [1.807, 2.05) is 47.5 Å². The first-order chi connectivity index (χ1) is 17.9. The molecule has 0 spiro atoms. The average Bonchev–Trinajstić information content (AvgIpc) is 3.60. The van der Waals surface area contributed by atoms with Crippen LogP contribution in [0.1, 0.15) is 46.1 Å². The Bertz CT molecular complexity index is 1500. The van der Waals surface area contributed by atoms with Crippen molar-refractivity contribution in [3.63, 3.8) is 0 Å². The zero-order chi connectivity index (χ0) is 25.7. The Balaban J connectivity index is 1.41. The summed E-state index contributed by atoms with van der Waals surface area (Å²) < 4.78 is 2.14. The van der Waals surface area contributed by atoms with Gasteiger partial charge in [-0.05, 0) is 67.8 Å². The van der Waals surface area contributed by atoms with Gasteiger partial charge in [0.15, 0.2) is 0 Å². The van der Waals surface area contributed by atoms with Gasteiger partial charge in [-0.2, -0.15) is 0 Å². The van der Waals surface area contributed by atoms with E-state index in [9.17, 15) is 9.59 Å². The molecule has 1 saturated carbocycles. The molecule has 6 rings (SSSR count). The molecule has 1 aliphatic heterocycles. The second-order valence-corrected chi connectivity index (χ2v) is 10.6. The third-order valence-electron chi connectivity index (χ3n) is 7.01. The monoisotopic (exact) mass is 529 g/mol. The largest absolute Gasteiger partial charge is 0.326 e. The van der Waals surface area contributed by atoms with E-state index in [4.69, 9.17) is 23.2 Å². The summed E-state index contributed by atoms with van der Waals surface area (Å²) in [4.78, 5) is 31.4. The van der Waals surface area contributed by atoms with Crippen LogP contribution >= 0.6 is 23.2 Å². The first-order valence-electron chi connectivity index (χ1n) is 12.3. The molecule has 4 aromatic rings. The number of hydrogen-bond acceptors (Lipinski definition) is 2. The van der Waals surface area contributed by atoms with Gasteiger partial charge >= 0.3 is 0 Å². The van der Waals surface area contributed by atoms with Crippen LogP contribution in [0.25, 0.3) is 5.69 Å². The van der Waals surface area contributed by atoms with Gasteiger partial charge in [-0.25, -0.2) is 0 Å². The number of rotatable bonds is 5. The highest BCUT2D eigenvalue weighted by Gasteiger charge is 2.40. The van der Waals surface area contributed by atoms with Crippen LogP contribution in [-0.2, 0) is 4.79 Å². The number of aromatic nitrogens is 1. The summed E-state index contributed by atoms with van der Waals surface area (Å²) in [5.41, 5.74) is 5.29. The van der Waals surface area contributed by atoms with Crippen molar-refractivity contribution in [3.05, 3.63) is 117 Å². The van der Waals surface area contributed by atoms with E-state index in [1.54, 1.807) is 23.1 Å². The number of fused-ring (bicyclic) bond motifs is 3. The number of benzene rings is 3. The van der Waals surface area contributed by atoms with Crippen LogP contribution in [0.15, 0.2) is 85.1 Å². The van der Waals surface area contributed by atoms with E-state index in [1.165, 1.54) is 0 Å². The van der Waals surface area contributed by atoms with E-state index >= 15 is 0 Å². The van der Waals surface area contributed by atoms with E-state index in [0.717, 1.165) is 41.0 Å². The normalized spacial score (nSPS) is 16.2.